The van der Waals surface area contributed by atoms with Crippen molar-refractivity contribution >= 4 is 43.5 Å². The maximum absolute atomic E-state index is 9.32. The summed E-state index contributed by atoms with van der Waals surface area (Å²) in [5.74, 6) is 0. The Labute approximate surface area is 309 Å². The predicted octanol–water partition coefficient (Wildman–Crippen LogP) is 14.2. The molecule has 1 aromatic heterocycles. The summed E-state index contributed by atoms with van der Waals surface area (Å²) in [6.45, 7) is 0. The zero-order chi connectivity index (χ0) is 41.6. The van der Waals surface area contributed by atoms with Crippen molar-refractivity contribution in [2.45, 2.75) is 0 Å². The Morgan fingerprint density at radius 3 is 1.57 bits per heavy atom. The Hall–Kier alpha value is -6.70. The molecule has 1 nitrogen and oxygen atoms in total. The molecular formula is C50H32O. The van der Waals surface area contributed by atoms with Gasteiger partial charge < -0.3 is 4.42 Å². The minimum Gasteiger partial charge on any atom is -0.456 e. The molecule has 0 aliphatic rings. The van der Waals surface area contributed by atoms with Crippen molar-refractivity contribution in [1.29, 1.82) is 0 Å². The van der Waals surface area contributed by atoms with Gasteiger partial charge in [-0.05, 0) is 95.4 Å². The van der Waals surface area contributed by atoms with Crippen molar-refractivity contribution in [1.82, 2.24) is 0 Å². The van der Waals surface area contributed by atoms with Gasteiger partial charge in [0.15, 0.2) is 0 Å². The molecule has 0 aliphatic heterocycles. The third-order valence-electron chi connectivity index (χ3n) is 9.65. The van der Waals surface area contributed by atoms with Gasteiger partial charge in [-0.15, -0.1) is 0 Å². The minimum atomic E-state index is -0.617. The average Bonchev–Trinajstić information content (AvgIpc) is 3.66. The van der Waals surface area contributed by atoms with Crippen LogP contribution in [0.1, 0.15) is 12.3 Å². The fourth-order valence-electron chi connectivity index (χ4n) is 7.42. The molecule has 0 bridgehead atoms. The molecule has 0 N–H and O–H groups in total. The molecule has 51 heavy (non-hydrogen) atoms. The van der Waals surface area contributed by atoms with Gasteiger partial charge in [0.2, 0.25) is 0 Å². The highest BCUT2D eigenvalue weighted by Gasteiger charge is 2.21. The lowest BCUT2D eigenvalue weighted by molar-refractivity contribution is 0.669. The Morgan fingerprint density at radius 1 is 0.333 bits per heavy atom. The number of benzene rings is 9. The third kappa shape index (κ3) is 4.86. The quantitative estimate of drug-likeness (QED) is 0.168. The molecule has 0 aliphatic carbocycles. The molecule has 0 radical (unpaired) electrons. The SMILES string of the molecule is [2H]c1c([2H])c([2H])c(-c2c([2H])c([2H])c(-c3ccccc3-c3c4ccccc4c(-c4cccc5oc6cc(-c7ccccc7)ccc6c45)c4ccccc34)c([2H])c2[2H])c([2H])c1[2H]. The fourth-order valence-corrected chi connectivity index (χ4v) is 7.42. The number of fused-ring (bicyclic) bond motifs is 5. The molecule has 0 atom stereocenters. The van der Waals surface area contributed by atoms with Gasteiger partial charge in [0, 0.05) is 10.8 Å². The van der Waals surface area contributed by atoms with Crippen LogP contribution in [0, 0.1) is 0 Å². The number of hydrogen-bond donors (Lipinski definition) is 0. The molecule has 10 rings (SSSR count). The Bertz CT molecular complexity index is 3310. The van der Waals surface area contributed by atoms with Crippen molar-refractivity contribution in [3.63, 3.8) is 0 Å². The molecular weight excluding hydrogens is 617 g/mol. The van der Waals surface area contributed by atoms with Crippen LogP contribution in [0.15, 0.2) is 198 Å². The summed E-state index contributed by atoms with van der Waals surface area (Å²) in [5.41, 5.74) is 7.07. The lowest BCUT2D eigenvalue weighted by atomic mass is 9.83. The summed E-state index contributed by atoms with van der Waals surface area (Å²) in [5, 5.41) is 5.78. The normalized spacial score (nSPS) is 14.0. The number of furan rings is 1. The van der Waals surface area contributed by atoms with Gasteiger partial charge in [-0.2, -0.15) is 0 Å². The molecule has 1 heterocycles. The summed E-state index contributed by atoms with van der Waals surface area (Å²) < 4.78 is 85.0. The van der Waals surface area contributed by atoms with E-state index in [9.17, 15) is 2.74 Å². The smallest absolute Gasteiger partial charge is 0.136 e. The molecule has 10 aromatic rings. The van der Waals surface area contributed by atoms with Crippen LogP contribution in [0.2, 0.25) is 0 Å². The first-order valence-electron chi connectivity index (χ1n) is 21.3. The number of hydrogen-bond acceptors (Lipinski definition) is 1. The highest BCUT2D eigenvalue weighted by atomic mass is 16.3. The summed E-state index contributed by atoms with van der Waals surface area (Å²) in [4.78, 5) is 0. The van der Waals surface area contributed by atoms with E-state index in [4.69, 9.17) is 14.0 Å². The van der Waals surface area contributed by atoms with Crippen LogP contribution in [-0.4, -0.2) is 0 Å². The van der Waals surface area contributed by atoms with E-state index in [0.29, 0.717) is 11.1 Å². The van der Waals surface area contributed by atoms with Gasteiger partial charge in [-0.25, -0.2) is 0 Å². The van der Waals surface area contributed by atoms with E-state index in [-0.39, 0.29) is 28.8 Å². The molecule has 0 unspecified atom stereocenters. The summed E-state index contributed by atoms with van der Waals surface area (Å²) in [6.07, 6.45) is 0. The van der Waals surface area contributed by atoms with Crippen LogP contribution in [0.4, 0.5) is 0 Å². The van der Waals surface area contributed by atoms with Crippen molar-refractivity contribution in [2.75, 3.05) is 0 Å². The second-order valence-corrected chi connectivity index (χ2v) is 12.5. The maximum Gasteiger partial charge on any atom is 0.136 e. The first kappa shape index (κ1) is 21.4. The van der Waals surface area contributed by atoms with E-state index in [1.165, 1.54) is 0 Å². The van der Waals surface area contributed by atoms with E-state index >= 15 is 0 Å². The first-order valence-corrected chi connectivity index (χ1v) is 16.8. The van der Waals surface area contributed by atoms with Crippen LogP contribution < -0.4 is 0 Å². The zero-order valence-electron chi connectivity index (χ0n) is 36.2. The van der Waals surface area contributed by atoms with Gasteiger partial charge >= 0.3 is 0 Å². The summed E-state index contributed by atoms with van der Waals surface area (Å²) >= 11 is 0. The predicted molar refractivity (Wildman–Crippen MR) is 216 cm³/mol. The van der Waals surface area contributed by atoms with E-state index in [0.717, 1.165) is 71.3 Å². The summed E-state index contributed by atoms with van der Waals surface area (Å²) in [6, 6.07) is 41.6. The van der Waals surface area contributed by atoms with Gasteiger partial charge in [0.05, 0.1) is 12.3 Å². The van der Waals surface area contributed by atoms with Crippen molar-refractivity contribution in [3.8, 4) is 55.6 Å². The fraction of sp³-hybridized carbons (Fsp3) is 0. The lowest BCUT2D eigenvalue weighted by Crippen LogP contribution is -1.93. The van der Waals surface area contributed by atoms with Crippen LogP contribution in [0.25, 0.3) is 99.1 Å². The molecule has 0 saturated heterocycles. The Balaban J connectivity index is 1.23. The van der Waals surface area contributed by atoms with E-state index in [1.54, 1.807) is 12.1 Å². The first-order chi connectivity index (χ1) is 29.1. The van der Waals surface area contributed by atoms with E-state index in [1.807, 2.05) is 66.7 Å². The van der Waals surface area contributed by atoms with Crippen molar-refractivity contribution in [2.24, 2.45) is 0 Å². The molecule has 0 amide bonds. The molecule has 238 valence electrons. The van der Waals surface area contributed by atoms with E-state index in [2.05, 4.69) is 60.7 Å². The van der Waals surface area contributed by atoms with Crippen molar-refractivity contribution in [3.05, 3.63) is 194 Å². The van der Waals surface area contributed by atoms with Gasteiger partial charge in [0.1, 0.15) is 11.2 Å². The maximum atomic E-state index is 9.32. The average molecular weight is 658 g/mol. The van der Waals surface area contributed by atoms with E-state index < -0.39 is 42.3 Å². The molecule has 0 spiro atoms. The minimum absolute atomic E-state index is 0.0402. The number of rotatable bonds is 5. The van der Waals surface area contributed by atoms with Crippen LogP contribution in [-0.2, 0) is 0 Å². The molecule has 0 saturated carbocycles. The third-order valence-corrected chi connectivity index (χ3v) is 9.65. The van der Waals surface area contributed by atoms with Crippen LogP contribution in [0.3, 0.4) is 0 Å². The monoisotopic (exact) mass is 657 g/mol. The standard InChI is InChI=1S/C50H32O/c1-3-14-33(15-4-1)35-26-28-36(29-27-35)38-18-7-8-19-39(38)48-40-20-9-11-22-42(40)49(43-23-12-10-21-41(43)48)45-24-13-25-46-50(45)44-31-30-37(32-47(44)51-46)34-16-5-2-6-17-34/h1-32H/i1D,3D,4D,14D,15D,26D,27D,28D,29D. The van der Waals surface area contributed by atoms with Crippen molar-refractivity contribution < 1.29 is 16.8 Å². The van der Waals surface area contributed by atoms with Gasteiger partial charge in [0.25, 0.3) is 0 Å². The van der Waals surface area contributed by atoms with Gasteiger partial charge in [-0.1, -0.05) is 176 Å². The van der Waals surface area contributed by atoms with Crippen LogP contribution in [0.5, 0.6) is 0 Å². The highest BCUT2D eigenvalue weighted by Crippen LogP contribution is 2.48. The Kier molecular flexibility index (Phi) is 5.04. The largest absolute Gasteiger partial charge is 0.456 e. The molecule has 1 heteroatoms. The Morgan fingerprint density at radius 2 is 0.882 bits per heavy atom. The highest BCUT2D eigenvalue weighted by molar-refractivity contribution is 6.26. The second-order valence-electron chi connectivity index (χ2n) is 12.5. The molecule has 9 aromatic carbocycles. The summed E-state index contributed by atoms with van der Waals surface area (Å²) in [7, 11) is 0. The van der Waals surface area contributed by atoms with Gasteiger partial charge in [-0.3, -0.25) is 0 Å². The zero-order valence-corrected chi connectivity index (χ0v) is 27.2. The second kappa shape index (κ2) is 12.0. The lowest BCUT2D eigenvalue weighted by Gasteiger charge is -2.20. The topological polar surface area (TPSA) is 13.1 Å². The molecule has 0 fully saturated rings. The van der Waals surface area contributed by atoms with Crippen LogP contribution >= 0.6 is 0 Å².